The Morgan fingerprint density at radius 1 is 1.45 bits per heavy atom. The van der Waals surface area contributed by atoms with Crippen molar-refractivity contribution in [3.63, 3.8) is 0 Å². The summed E-state index contributed by atoms with van der Waals surface area (Å²) < 4.78 is 7.65. The smallest absolute Gasteiger partial charge is 0.255 e. The summed E-state index contributed by atoms with van der Waals surface area (Å²) in [5.74, 6) is 1.32. The molecular formula is C13H21N5O2. The van der Waals surface area contributed by atoms with Gasteiger partial charge in [0.1, 0.15) is 12.2 Å². The normalized spacial score (nSPS) is 28.4. The van der Waals surface area contributed by atoms with E-state index in [1.807, 2.05) is 30.5 Å². The first-order valence-corrected chi connectivity index (χ1v) is 6.95. The molecule has 0 aromatic carbocycles. The van der Waals surface area contributed by atoms with Crippen LogP contribution in [0.3, 0.4) is 0 Å². The van der Waals surface area contributed by atoms with Gasteiger partial charge in [-0.3, -0.25) is 4.79 Å². The number of ether oxygens (including phenoxy) is 1. The number of nitrogens with zero attached hydrogens (tertiary/aromatic N) is 5. The van der Waals surface area contributed by atoms with E-state index in [9.17, 15) is 4.79 Å². The third-order valence-corrected chi connectivity index (χ3v) is 4.20. The number of likely N-dealkylation sites (tertiary alicyclic amines) is 1. The van der Waals surface area contributed by atoms with Crippen LogP contribution in [0.2, 0.25) is 0 Å². The van der Waals surface area contributed by atoms with Crippen molar-refractivity contribution < 1.29 is 9.53 Å². The highest BCUT2D eigenvalue weighted by molar-refractivity contribution is 5.86. The van der Waals surface area contributed by atoms with Gasteiger partial charge in [0.05, 0.1) is 12.5 Å². The van der Waals surface area contributed by atoms with E-state index < -0.39 is 5.60 Å². The number of amides is 1. The molecule has 1 amide bonds. The van der Waals surface area contributed by atoms with Gasteiger partial charge < -0.3 is 19.1 Å². The van der Waals surface area contributed by atoms with Crippen LogP contribution in [0.4, 0.5) is 0 Å². The molecule has 7 nitrogen and oxygen atoms in total. The summed E-state index contributed by atoms with van der Waals surface area (Å²) in [4.78, 5) is 16.6. The Kier molecular flexibility index (Phi) is 3.25. The molecule has 0 spiro atoms. The van der Waals surface area contributed by atoms with Gasteiger partial charge >= 0.3 is 0 Å². The number of carbonyl (C=O) groups excluding carboxylic acids is 1. The highest BCUT2D eigenvalue weighted by Gasteiger charge is 2.45. The maximum Gasteiger partial charge on any atom is 0.255 e. The lowest BCUT2D eigenvalue weighted by Crippen LogP contribution is -2.62. The highest BCUT2D eigenvalue weighted by atomic mass is 16.5. The molecule has 1 aromatic rings. The van der Waals surface area contributed by atoms with Crippen LogP contribution in [0.1, 0.15) is 18.7 Å². The number of hydrogen-bond acceptors (Lipinski definition) is 5. The molecule has 0 aliphatic carbocycles. The molecule has 1 atom stereocenters. The summed E-state index contributed by atoms with van der Waals surface area (Å²) in [6.07, 6.45) is 1.69. The number of morpholine rings is 1. The third-order valence-electron chi connectivity index (χ3n) is 4.20. The lowest BCUT2D eigenvalue weighted by atomic mass is 9.94. The molecule has 1 unspecified atom stereocenters. The first kappa shape index (κ1) is 13.5. The summed E-state index contributed by atoms with van der Waals surface area (Å²) in [5.41, 5.74) is -0.710. The predicted molar refractivity (Wildman–Crippen MR) is 72.2 cm³/mol. The lowest BCUT2D eigenvalue weighted by molar-refractivity contribution is -0.170. The van der Waals surface area contributed by atoms with Gasteiger partial charge in [0.15, 0.2) is 5.60 Å². The largest absolute Gasteiger partial charge is 0.363 e. The molecular weight excluding hydrogens is 258 g/mol. The fraction of sp³-hybridized carbons (Fsp3) is 0.769. The molecule has 0 saturated carbocycles. The molecule has 0 N–H and O–H groups in total. The summed E-state index contributed by atoms with van der Waals surface area (Å²) in [6.45, 7) is 5.43. The molecule has 3 heterocycles. The molecule has 2 saturated heterocycles. The van der Waals surface area contributed by atoms with Gasteiger partial charge in [-0.15, -0.1) is 10.2 Å². The average Bonchev–Trinajstić information content (AvgIpc) is 2.73. The quantitative estimate of drug-likeness (QED) is 0.727. The van der Waals surface area contributed by atoms with Crippen molar-refractivity contribution in [2.45, 2.75) is 18.4 Å². The molecule has 1 aromatic heterocycles. The van der Waals surface area contributed by atoms with Crippen molar-refractivity contribution in [1.82, 2.24) is 24.6 Å². The zero-order valence-corrected chi connectivity index (χ0v) is 12.2. The lowest BCUT2D eigenvalue weighted by Gasteiger charge is -2.45. The Morgan fingerprint density at radius 2 is 2.20 bits per heavy atom. The molecule has 3 rings (SSSR count). The second kappa shape index (κ2) is 4.82. The number of rotatable bonds is 2. The van der Waals surface area contributed by atoms with E-state index in [0.717, 1.165) is 12.4 Å². The maximum atomic E-state index is 12.6. The Balaban J connectivity index is 1.62. The zero-order chi connectivity index (χ0) is 14.3. The SMILES string of the molecule is CN1CCOC(C)(C(=O)N2CC(c3nncn3C)C2)C1. The van der Waals surface area contributed by atoms with E-state index in [2.05, 4.69) is 15.1 Å². The molecule has 7 heteroatoms. The monoisotopic (exact) mass is 279 g/mol. The van der Waals surface area contributed by atoms with Crippen molar-refractivity contribution in [2.75, 3.05) is 39.8 Å². The Hall–Kier alpha value is -1.47. The van der Waals surface area contributed by atoms with Crippen molar-refractivity contribution in [2.24, 2.45) is 7.05 Å². The molecule has 110 valence electrons. The van der Waals surface area contributed by atoms with Gasteiger partial charge in [-0.25, -0.2) is 0 Å². The van der Waals surface area contributed by atoms with Gasteiger partial charge in [-0.2, -0.15) is 0 Å². The predicted octanol–water partition coefficient (Wildman–Crippen LogP) is -0.538. The topological polar surface area (TPSA) is 63.5 Å². The molecule has 20 heavy (non-hydrogen) atoms. The van der Waals surface area contributed by atoms with E-state index in [0.29, 0.717) is 26.2 Å². The van der Waals surface area contributed by atoms with Crippen LogP contribution in [0.5, 0.6) is 0 Å². The van der Waals surface area contributed by atoms with E-state index >= 15 is 0 Å². The Morgan fingerprint density at radius 3 is 2.80 bits per heavy atom. The molecule has 2 fully saturated rings. The maximum absolute atomic E-state index is 12.6. The van der Waals surface area contributed by atoms with Crippen LogP contribution in [-0.4, -0.2) is 75.9 Å². The van der Waals surface area contributed by atoms with Gasteiger partial charge in [-0.05, 0) is 14.0 Å². The second-order valence-corrected chi connectivity index (χ2v) is 6.02. The number of carbonyl (C=O) groups is 1. The van der Waals surface area contributed by atoms with Crippen molar-refractivity contribution in [3.8, 4) is 0 Å². The minimum Gasteiger partial charge on any atom is -0.363 e. The van der Waals surface area contributed by atoms with Gasteiger partial charge in [0.2, 0.25) is 0 Å². The number of hydrogen-bond donors (Lipinski definition) is 0. The summed E-state index contributed by atoms with van der Waals surface area (Å²) in [5, 5.41) is 8.00. The van der Waals surface area contributed by atoms with E-state index in [4.69, 9.17) is 4.74 Å². The van der Waals surface area contributed by atoms with Crippen molar-refractivity contribution in [1.29, 1.82) is 0 Å². The average molecular weight is 279 g/mol. The Bertz CT molecular complexity index is 511. The van der Waals surface area contributed by atoms with E-state index in [-0.39, 0.29) is 11.8 Å². The molecule has 0 bridgehead atoms. The zero-order valence-electron chi connectivity index (χ0n) is 12.2. The standard InChI is InChI=1S/C13H21N5O2/c1-13(8-16(2)4-5-20-13)12(19)18-6-10(7-18)11-15-14-9-17(11)3/h9-10H,4-8H2,1-3H3. The van der Waals surface area contributed by atoms with Crippen LogP contribution in [0.25, 0.3) is 0 Å². The third kappa shape index (κ3) is 2.20. The second-order valence-electron chi connectivity index (χ2n) is 6.02. The fourth-order valence-corrected chi connectivity index (χ4v) is 3.00. The van der Waals surface area contributed by atoms with Gasteiger partial charge in [0.25, 0.3) is 5.91 Å². The Labute approximate surface area is 118 Å². The van der Waals surface area contributed by atoms with Crippen LogP contribution < -0.4 is 0 Å². The minimum atomic E-state index is -0.710. The van der Waals surface area contributed by atoms with Crippen LogP contribution in [0.15, 0.2) is 6.33 Å². The van der Waals surface area contributed by atoms with Crippen LogP contribution >= 0.6 is 0 Å². The fourth-order valence-electron chi connectivity index (χ4n) is 3.00. The molecule has 2 aliphatic rings. The van der Waals surface area contributed by atoms with Crippen LogP contribution in [0, 0.1) is 0 Å². The van der Waals surface area contributed by atoms with Gasteiger partial charge in [-0.1, -0.05) is 0 Å². The van der Waals surface area contributed by atoms with E-state index in [1.165, 1.54) is 0 Å². The first-order valence-electron chi connectivity index (χ1n) is 6.95. The first-order chi connectivity index (χ1) is 9.49. The summed E-state index contributed by atoms with van der Waals surface area (Å²) in [6, 6.07) is 0. The number of aromatic nitrogens is 3. The summed E-state index contributed by atoms with van der Waals surface area (Å²) >= 11 is 0. The van der Waals surface area contributed by atoms with Crippen molar-refractivity contribution >= 4 is 5.91 Å². The van der Waals surface area contributed by atoms with Gasteiger partial charge in [0, 0.05) is 33.2 Å². The van der Waals surface area contributed by atoms with E-state index in [1.54, 1.807) is 6.33 Å². The number of aryl methyl sites for hydroxylation is 1. The minimum absolute atomic E-state index is 0.0856. The number of likely N-dealkylation sites (N-methyl/N-ethyl adjacent to an activating group) is 1. The molecule has 2 aliphatic heterocycles. The van der Waals surface area contributed by atoms with Crippen LogP contribution in [-0.2, 0) is 16.6 Å². The molecule has 0 radical (unpaired) electrons. The highest BCUT2D eigenvalue weighted by Crippen LogP contribution is 2.29. The summed E-state index contributed by atoms with van der Waals surface area (Å²) in [7, 11) is 3.95. The van der Waals surface area contributed by atoms with Crippen molar-refractivity contribution in [3.05, 3.63) is 12.2 Å².